The van der Waals surface area contributed by atoms with Gasteiger partial charge >= 0.3 is 0 Å². The van der Waals surface area contributed by atoms with Gasteiger partial charge in [-0.2, -0.15) is 0 Å². The number of nitrogen functional groups attached to an aromatic ring is 1. The van der Waals surface area contributed by atoms with E-state index in [1.54, 1.807) is 12.1 Å². The van der Waals surface area contributed by atoms with Crippen molar-refractivity contribution in [1.29, 1.82) is 0 Å². The largest absolute Gasteiger partial charge is 0.486 e. The first kappa shape index (κ1) is 16.2. The Hall–Kier alpha value is -1.19. The fourth-order valence-electron chi connectivity index (χ4n) is 1.99. The van der Waals surface area contributed by atoms with Crippen LogP contribution in [0.25, 0.3) is 0 Å². The van der Waals surface area contributed by atoms with Gasteiger partial charge in [0.25, 0.3) is 0 Å². The lowest BCUT2D eigenvalue weighted by atomic mass is 9.87. The van der Waals surface area contributed by atoms with Gasteiger partial charge in [-0.3, -0.25) is 0 Å². The second-order valence-corrected chi connectivity index (χ2v) is 7.33. The van der Waals surface area contributed by atoms with Crippen LogP contribution in [-0.4, -0.2) is 0 Å². The van der Waals surface area contributed by atoms with Crippen molar-refractivity contribution in [2.24, 2.45) is 0 Å². The Kier molecular flexibility index (Phi) is 4.84. The molecule has 0 aliphatic rings. The lowest BCUT2D eigenvalue weighted by molar-refractivity contribution is 0.306. The number of benzene rings is 2. The molecule has 0 fully saturated rings. The molecule has 0 aromatic heterocycles. The Labute approximate surface area is 139 Å². The molecule has 0 aliphatic carbocycles. The van der Waals surface area contributed by atoms with E-state index in [1.165, 1.54) is 5.56 Å². The van der Waals surface area contributed by atoms with Gasteiger partial charge in [0.2, 0.25) is 0 Å². The zero-order valence-electron chi connectivity index (χ0n) is 12.4. The van der Waals surface area contributed by atoms with Crippen LogP contribution in [0.1, 0.15) is 31.9 Å². The summed E-state index contributed by atoms with van der Waals surface area (Å²) in [5.41, 5.74) is 9.02. The minimum Gasteiger partial charge on any atom is -0.486 e. The molecule has 21 heavy (non-hydrogen) atoms. The van der Waals surface area contributed by atoms with E-state index in [0.717, 1.165) is 10.0 Å². The van der Waals surface area contributed by atoms with Crippen molar-refractivity contribution in [2.75, 3.05) is 5.73 Å². The molecule has 4 heteroatoms. The Morgan fingerprint density at radius 3 is 2.29 bits per heavy atom. The van der Waals surface area contributed by atoms with E-state index < -0.39 is 0 Å². The maximum atomic E-state index is 5.93. The number of hydrogen-bond donors (Lipinski definition) is 1. The molecule has 2 rings (SSSR count). The van der Waals surface area contributed by atoms with Crippen LogP contribution < -0.4 is 10.5 Å². The molecule has 2 nitrogen and oxygen atoms in total. The van der Waals surface area contributed by atoms with Gasteiger partial charge in [-0.1, -0.05) is 56.6 Å². The zero-order valence-corrected chi connectivity index (χ0v) is 14.8. The summed E-state index contributed by atoms with van der Waals surface area (Å²) in [6.07, 6.45) is 0. The first-order valence-electron chi connectivity index (χ1n) is 6.74. The summed E-state index contributed by atoms with van der Waals surface area (Å²) in [5.74, 6) is 0.624. The third-order valence-electron chi connectivity index (χ3n) is 3.24. The summed E-state index contributed by atoms with van der Waals surface area (Å²) in [4.78, 5) is 0. The molecule has 0 aliphatic heterocycles. The van der Waals surface area contributed by atoms with Crippen LogP contribution in [0.15, 0.2) is 40.9 Å². The van der Waals surface area contributed by atoms with Crippen LogP contribution in [0.5, 0.6) is 5.75 Å². The molecular formula is C17H19BrClNO. The highest BCUT2D eigenvalue weighted by Gasteiger charge is 2.13. The predicted molar refractivity (Wildman–Crippen MR) is 93.0 cm³/mol. The molecule has 2 aromatic carbocycles. The summed E-state index contributed by atoms with van der Waals surface area (Å²) in [5, 5.41) is 0.584. The minimum atomic E-state index is 0.156. The smallest absolute Gasteiger partial charge is 0.156 e. The van der Waals surface area contributed by atoms with E-state index in [1.807, 2.05) is 0 Å². The fourth-order valence-corrected chi connectivity index (χ4v) is 2.94. The zero-order chi connectivity index (χ0) is 15.6. The van der Waals surface area contributed by atoms with E-state index in [4.69, 9.17) is 22.1 Å². The summed E-state index contributed by atoms with van der Waals surface area (Å²) in [6, 6.07) is 11.9. The molecular weight excluding hydrogens is 350 g/mol. The molecule has 2 N–H and O–H groups in total. The van der Waals surface area contributed by atoms with Crippen LogP contribution in [0, 0.1) is 0 Å². The third-order valence-corrected chi connectivity index (χ3v) is 4.05. The fraction of sp³-hybridized carbons (Fsp3) is 0.294. The van der Waals surface area contributed by atoms with Crippen molar-refractivity contribution >= 4 is 33.2 Å². The van der Waals surface area contributed by atoms with Gasteiger partial charge in [-0.05, 0) is 44.6 Å². The van der Waals surface area contributed by atoms with Crippen LogP contribution >= 0.6 is 27.5 Å². The number of halogens is 2. The average molecular weight is 369 g/mol. The number of hydrogen-bond acceptors (Lipinski definition) is 2. The van der Waals surface area contributed by atoms with Crippen molar-refractivity contribution in [2.45, 2.75) is 32.8 Å². The molecule has 0 atom stereocenters. The molecule has 112 valence electrons. The van der Waals surface area contributed by atoms with Gasteiger partial charge in [0.15, 0.2) is 5.75 Å². The monoisotopic (exact) mass is 367 g/mol. The standard InChI is InChI=1S/C17H19BrClNO/c1-17(2,3)12-6-4-11(5-7-12)10-21-16-14(18)8-13(19)9-15(16)20/h4-9H,10,20H2,1-3H3. The van der Waals surface area contributed by atoms with Gasteiger partial charge in [-0.25, -0.2) is 0 Å². The van der Waals surface area contributed by atoms with Gasteiger partial charge in [-0.15, -0.1) is 0 Å². The van der Waals surface area contributed by atoms with E-state index >= 15 is 0 Å². The van der Waals surface area contributed by atoms with E-state index in [9.17, 15) is 0 Å². The molecule has 0 amide bonds. The molecule has 0 saturated heterocycles. The molecule has 0 radical (unpaired) electrons. The summed E-state index contributed by atoms with van der Waals surface area (Å²) in [6.45, 7) is 7.06. The topological polar surface area (TPSA) is 35.2 Å². The average Bonchev–Trinajstić information content (AvgIpc) is 2.37. The summed E-state index contributed by atoms with van der Waals surface area (Å²) >= 11 is 9.35. The Balaban J connectivity index is 2.10. The SMILES string of the molecule is CC(C)(C)c1ccc(COc2c(N)cc(Cl)cc2Br)cc1. The van der Waals surface area contributed by atoms with Crippen molar-refractivity contribution in [3.05, 3.63) is 57.0 Å². The molecule has 0 unspecified atom stereocenters. The maximum absolute atomic E-state index is 5.93. The maximum Gasteiger partial charge on any atom is 0.156 e. The van der Waals surface area contributed by atoms with E-state index in [2.05, 4.69) is 61.0 Å². The second kappa shape index (κ2) is 6.29. The van der Waals surface area contributed by atoms with Gasteiger partial charge in [0, 0.05) is 5.02 Å². The van der Waals surface area contributed by atoms with Crippen LogP contribution in [0.4, 0.5) is 5.69 Å². The predicted octanol–water partition coefficient (Wildman–Crippen LogP) is 5.56. The van der Waals surface area contributed by atoms with E-state index in [-0.39, 0.29) is 5.41 Å². The molecule has 0 heterocycles. The quantitative estimate of drug-likeness (QED) is 0.720. The highest BCUT2D eigenvalue weighted by Crippen LogP contribution is 2.35. The second-order valence-electron chi connectivity index (χ2n) is 6.04. The Bertz CT molecular complexity index is 609. The molecule has 0 spiro atoms. The van der Waals surface area contributed by atoms with Crippen molar-refractivity contribution < 1.29 is 4.74 Å². The van der Waals surface area contributed by atoms with Crippen molar-refractivity contribution in [3.8, 4) is 5.75 Å². The summed E-state index contributed by atoms with van der Waals surface area (Å²) in [7, 11) is 0. The van der Waals surface area contributed by atoms with E-state index in [0.29, 0.717) is 23.1 Å². The lowest BCUT2D eigenvalue weighted by Crippen LogP contribution is -2.10. The highest BCUT2D eigenvalue weighted by molar-refractivity contribution is 9.10. The molecule has 0 bridgehead atoms. The number of rotatable bonds is 3. The lowest BCUT2D eigenvalue weighted by Gasteiger charge is -2.19. The van der Waals surface area contributed by atoms with Crippen LogP contribution in [0.2, 0.25) is 5.02 Å². The number of nitrogens with two attached hydrogens (primary N) is 1. The first-order valence-corrected chi connectivity index (χ1v) is 7.91. The Morgan fingerprint density at radius 2 is 1.76 bits per heavy atom. The highest BCUT2D eigenvalue weighted by atomic mass is 79.9. The number of ether oxygens (including phenoxy) is 1. The number of anilines is 1. The minimum absolute atomic E-state index is 0.156. The van der Waals surface area contributed by atoms with Crippen LogP contribution in [0.3, 0.4) is 0 Å². The third kappa shape index (κ3) is 4.14. The first-order chi connectivity index (χ1) is 9.77. The van der Waals surface area contributed by atoms with Gasteiger partial charge in [0.05, 0.1) is 10.2 Å². The van der Waals surface area contributed by atoms with Gasteiger partial charge < -0.3 is 10.5 Å². The molecule has 0 saturated carbocycles. The van der Waals surface area contributed by atoms with Crippen LogP contribution in [-0.2, 0) is 12.0 Å². The Morgan fingerprint density at radius 1 is 1.14 bits per heavy atom. The summed E-state index contributed by atoms with van der Waals surface area (Å²) < 4.78 is 6.57. The normalized spacial score (nSPS) is 11.5. The van der Waals surface area contributed by atoms with Crippen molar-refractivity contribution in [1.82, 2.24) is 0 Å². The van der Waals surface area contributed by atoms with Gasteiger partial charge in [0.1, 0.15) is 6.61 Å². The van der Waals surface area contributed by atoms with Crippen molar-refractivity contribution in [3.63, 3.8) is 0 Å². The molecule has 2 aromatic rings.